The van der Waals surface area contributed by atoms with Gasteiger partial charge in [0.05, 0.1) is 12.6 Å². The molecule has 0 aromatic heterocycles. The van der Waals surface area contributed by atoms with E-state index in [1.807, 2.05) is 35.2 Å². The molecule has 6 heteroatoms. The number of hydrogen-bond donors (Lipinski definition) is 1. The van der Waals surface area contributed by atoms with Crippen LogP contribution in [0.2, 0.25) is 0 Å². The summed E-state index contributed by atoms with van der Waals surface area (Å²) in [5.41, 5.74) is 1.08. The van der Waals surface area contributed by atoms with Crippen LogP contribution in [0.3, 0.4) is 0 Å². The summed E-state index contributed by atoms with van der Waals surface area (Å²) < 4.78 is 5.61. The summed E-state index contributed by atoms with van der Waals surface area (Å²) in [6.07, 6.45) is 7.00. The lowest BCUT2D eigenvalue weighted by molar-refractivity contribution is -0.139. The Kier molecular flexibility index (Phi) is 6.82. The molecule has 1 aromatic carbocycles. The number of carbonyl (C=O) groups is 2. The average Bonchev–Trinajstić information content (AvgIpc) is 3.40. The van der Waals surface area contributed by atoms with Gasteiger partial charge in [0.2, 0.25) is 11.8 Å². The summed E-state index contributed by atoms with van der Waals surface area (Å²) >= 11 is 0. The molecule has 2 amide bonds. The molecule has 1 unspecified atom stereocenters. The van der Waals surface area contributed by atoms with Crippen LogP contribution in [0.1, 0.15) is 44.1 Å². The third-order valence-electron chi connectivity index (χ3n) is 6.44. The predicted octanol–water partition coefficient (Wildman–Crippen LogP) is 2.18. The van der Waals surface area contributed by atoms with Gasteiger partial charge in [-0.3, -0.25) is 14.5 Å². The Morgan fingerprint density at radius 1 is 1.00 bits per heavy atom. The van der Waals surface area contributed by atoms with Gasteiger partial charge < -0.3 is 15.0 Å². The number of benzene rings is 1. The number of amides is 2. The summed E-state index contributed by atoms with van der Waals surface area (Å²) in [7, 11) is 0. The van der Waals surface area contributed by atoms with Crippen molar-refractivity contribution in [1.82, 2.24) is 15.1 Å². The number of ether oxygens (including phenoxy) is 1. The Bertz CT molecular complexity index is 678. The van der Waals surface area contributed by atoms with Gasteiger partial charge in [-0.2, -0.15) is 0 Å². The van der Waals surface area contributed by atoms with Gasteiger partial charge in [-0.25, -0.2) is 0 Å². The normalized spacial score (nSPS) is 21.9. The summed E-state index contributed by atoms with van der Waals surface area (Å²) in [5.74, 6) is 0.719. The monoisotopic (exact) mass is 399 g/mol. The van der Waals surface area contributed by atoms with Crippen molar-refractivity contribution in [3.63, 3.8) is 0 Å². The Labute approximate surface area is 173 Å². The highest BCUT2D eigenvalue weighted by Gasteiger charge is 2.39. The molecule has 1 heterocycles. The van der Waals surface area contributed by atoms with Gasteiger partial charge in [0, 0.05) is 32.2 Å². The number of hydrogen-bond acceptors (Lipinski definition) is 4. The highest BCUT2D eigenvalue weighted by atomic mass is 16.5. The SMILES string of the molecule is O=C(NC1CC1)C(C1CCCC1)N1CCN(C(=O)COCc2ccccc2)CC1. The highest BCUT2D eigenvalue weighted by Crippen LogP contribution is 2.32. The molecular formula is C23H33N3O3. The van der Waals surface area contributed by atoms with Gasteiger partial charge >= 0.3 is 0 Å². The molecule has 0 radical (unpaired) electrons. The zero-order valence-electron chi connectivity index (χ0n) is 17.2. The van der Waals surface area contributed by atoms with Crippen LogP contribution >= 0.6 is 0 Å². The van der Waals surface area contributed by atoms with Crippen LogP contribution in [0.4, 0.5) is 0 Å². The molecule has 1 aromatic rings. The minimum Gasteiger partial charge on any atom is -0.367 e. The lowest BCUT2D eigenvalue weighted by Gasteiger charge is -2.40. The third kappa shape index (κ3) is 5.58. The number of nitrogens with zero attached hydrogens (tertiary/aromatic N) is 2. The van der Waals surface area contributed by atoms with E-state index in [4.69, 9.17) is 4.74 Å². The minimum absolute atomic E-state index is 0.0234. The molecule has 29 heavy (non-hydrogen) atoms. The molecule has 1 atom stereocenters. The summed E-state index contributed by atoms with van der Waals surface area (Å²) in [5, 5.41) is 3.22. The Balaban J connectivity index is 1.25. The van der Waals surface area contributed by atoms with E-state index in [1.165, 1.54) is 12.8 Å². The van der Waals surface area contributed by atoms with Gasteiger partial charge in [0.25, 0.3) is 0 Å². The van der Waals surface area contributed by atoms with Gasteiger partial charge in [0.15, 0.2) is 0 Å². The van der Waals surface area contributed by atoms with E-state index in [1.54, 1.807) is 0 Å². The molecule has 6 nitrogen and oxygen atoms in total. The van der Waals surface area contributed by atoms with E-state index in [2.05, 4.69) is 10.2 Å². The van der Waals surface area contributed by atoms with Gasteiger partial charge in [0.1, 0.15) is 6.61 Å². The fourth-order valence-electron chi connectivity index (χ4n) is 4.64. The molecule has 2 saturated carbocycles. The number of piperazine rings is 1. The summed E-state index contributed by atoms with van der Waals surface area (Å²) in [6.45, 7) is 3.45. The lowest BCUT2D eigenvalue weighted by Crippen LogP contribution is -2.58. The number of rotatable bonds is 8. The molecule has 0 bridgehead atoms. The second-order valence-electron chi connectivity index (χ2n) is 8.67. The quantitative estimate of drug-likeness (QED) is 0.728. The maximum atomic E-state index is 12.9. The van der Waals surface area contributed by atoms with Crippen LogP contribution in [-0.2, 0) is 20.9 Å². The van der Waals surface area contributed by atoms with Crippen LogP contribution in [-0.4, -0.2) is 66.5 Å². The molecule has 3 aliphatic rings. The van der Waals surface area contributed by atoms with E-state index in [0.29, 0.717) is 31.7 Å². The third-order valence-corrected chi connectivity index (χ3v) is 6.44. The molecule has 1 saturated heterocycles. The van der Waals surface area contributed by atoms with E-state index in [9.17, 15) is 9.59 Å². The van der Waals surface area contributed by atoms with Crippen LogP contribution in [0, 0.1) is 5.92 Å². The van der Waals surface area contributed by atoms with Crippen molar-refractivity contribution in [1.29, 1.82) is 0 Å². The molecular weight excluding hydrogens is 366 g/mol. The van der Waals surface area contributed by atoms with Crippen molar-refractivity contribution < 1.29 is 14.3 Å². The molecule has 4 rings (SSSR count). The van der Waals surface area contributed by atoms with Gasteiger partial charge in [-0.05, 0) is 37.2 Å². The highest BCUT2D eigenvalue weighted by molar-refractivity contribution is 5.83. The molecule has 158 valence electrons. The van der Waals surface area contributed by atoms with E-state index >= 15 is 0 Å². The van der Waals surface area contributed by atoms with Crippen molar-refractivity contribution >= 4 is 11.8 Å². The maximum absolute atomic E-state index is 12.9. The first-order valence-corrected chi connectivity index (χ1v) is 11.1. The van der Waals surface area contributed by atoms with Crippen LogP contribution < -0.4 is 5.32 Å². The first kappa shape index (κ1) is 20.4. The fourth-order valence-corrected chi connectivity index (χ4v) is 4.64. The van der Waals surface area contributed by atoms with Crippen LogP contribution in [0.5, 0.6) is 0 Å². The average molecular weight is 400 g/mol. The van der Waals surface area contributed by atoms with E-state index < -0.39 is 0 Å². The number of carbonyl (C=O) groups excluding carboxylic acids is 2. The molecule has 1 N–H and O–H groups in total. The number of nitrogens with one attached hydrogen (secondary N) is 1. The van der Waals surface area contributed by atoms with Gasteiger partial charge in [-0.15, -0.1) is 0 Å². The Morgan fingerprint density at radius 3 is 2.34 bits per heavy atom. The zero-order chi connectivity index (χ0) is 20.1. The van der Waals surface area contributed by atoms with Crippen LogP contribution in [0.15, 0.2) is 30.3 Å². The molecule has 0 spiro atoms. The minimum atomic E-state index is -0.0234. The summed E-state index contributed by atoms with van der Waals surface area (Å²) in [6, 6.07) is 10.3. The fraction of sp³-hybridized carbons (Fsp3) is 0.652. The maximum Gasteiger partial charge on any atom is 0.248 e. The van der Waals surface area contributed by atoms with Crippen molar-refractivity contribution in [3.8, 4) is 0 Å². The predicted molar refractivity (Wildman–Crippen MR) is 111 cm³/mol. The van der Waals surface area contributed by atoms with Crippen molar-refractivity contribution in [2.75, 3.05) is 32.8 Å². The van der Waals surface area contributed by atoms with Crippen molar-refractivity contribution in [2.24, 2.45) is 5.92 Å². The molecule has 2 aliphatic carbocycles. The smallest absolute Gasteiger partial charge is 0.248 e. The van der Waals surface area contributed by atoms with Crippen molar-refractivity contribution in [2.45, 2.75) is 57.2 Å². The zero-order valence-corrected chi connectivity index (χ0v) is 17.2. The Morgan fingerprint density at radius 2 is 1.69 bits per heavy atom. The lowest BCUT2D eigenvalue weighted by atomic mass is 9.95. The standard InChI is InChI=1S/C23H33N3O3/c27-21(17-29-16-18-6-2-1-3-7-18)25-12-14-26(15-13-25)22(19-8-4-5-9-19)23(28)24-20-10-11-20/h1-3,6-7,19-20,22H,4-5,8-17H2,(H,24,28). The van der Waals surface area contributed by atoms with E-state index in [0.717, 1.165) is 44.3 Å². The molecule has 3 fully saturated rings. The van der Waals surface area contributed by atoms with E-state index in [-0.39, 0.29) is 24.5 Å². The largest absolute Gasteiger partial charge is 0.367 e. The first-order valence-electron chi connectivity index (χ1n) is 11.1. The first-order chi connectivity index (χ1) is 14.2. The Hall–Kier alpha value is -1.92. The summed E-state index contributed by atoms with van der Waals surface area (Å²) in [4.78, 5) is 29.6. The van der Waals surface area contributed by atoms with Crippen molar-refractivity contribution in [3.05, 3.63) is 35.9 Å². The second-order valence-corrected chi connectivity index (χ2v) is 8.67. The second kappa shape index (κ2) is 9.72. The topological polar surface area (TPSA) is 61.9 Å². The molecule has 1 aliphatic heterocycles. The van der Waals surface area contributed by atoms with Crippen LogP contribution in [0.25, 0.3) is 0 Å². The van der Waals surface area contributed by atoms with Gasteiger partial charge in [-0.1, -0.05) is 43.2 Å².